The zero-order valence-corrected chi connectivity index (χ0v) is 16.8. The van der Waals surface area contributed by atoms with E-state index < -0.39 is 0 Å². The van der Waals surface area contributed by atoms with Crippen LogP contribution in [-0.2, 0) is 6.42 Å². The molecule has 0 saturated carbocycles. The number of aromatic nitrogens is 3. The quantitative estimate of drug-likeness (QED) is 0.618. The maximum absolute atomic E-state index is 12.9. The Morgan fingerprint density at radius 2 is 2.10 bits per heavy atom. The molecule has 1 amide bonds. The normalized spacial score (nSPS) is 16.5. The maximum Gasteiger partial charge on any atom is 0.255 e. The molecule has 1 aromatic carbocycles. The molecule has 1 atom stereocenters. The SMILES string of the molecule is Cc1ccc(C(=O)N2CCCC(c3nc(CCOc4ccc(F)cc4)no3)C2)cn1. The van der Waals surface area contributed by atoms with Crippen LogP contribution in [0.5, 0.6) is 5.75 Å². The van der Waals surface area contributed by atoms with E-state index in [1.54, 1.807) is 24.4 Å². The first-order valence-electron chi connectivity index (χ1n) is 10.0. The fourth-order valence-corrected chi connectivity index (χ4v) is 3.47. The van der Waals surface area contributed by atoms with Crippen LogP contribution in [0.4, 0.5) is 4.39 Å². The summed E-state index contributed by atoms with van der Waals surface area (Å²) in [4.78, 5) is 23.3. The average Bonchev–Trinajstić information content (AvgIpc) is 3.24. The predicted octanol–water partition coefficient (Wildman–Crippen LogP) is 3.55. The van der Waals surface area contributed by atoms with E-state index in [1.165, 1.54) is 12.1 Å². The van der Waals surface area contributed by atoms with Crippen LogP contribution in [0.15, 0.2) is 47.1 Å². The van der Waals surface area contributed by atoms with Gasteiger partial charge < -0.3 is 14.2 Å². The first-order chi connectivity index (χ1) is 14.6. The lowest BCUT2D eigenvalue weighted by Gasteiger charge is -2.31. The summed E-state index contributed by atoms with van der Waals surface area (Å²) in [6.07, 6.45) is 3.86. The van der Waals surface area contributed by atoms with Crippen molar-refractivity contribution in [1.29, 1.82) is 0 Å². The second kappa shape index (κ2) is 9.02. The highest BCUT2D eigenvalue weighted by Gasteiger charge is 2.29. The van der Waals surface area contributed by atoms with Crippen molar-refractivity contribution < 1.29 is 18.4 Å². The summed E-state index contributed by atoms with van der Waals surface area (Å²) in [5.74, 6) is 1.38. The van der Waals surface area contributed by atoms with Gasteiger partial charge in [0.05, 0.1) is 18.1 Å². The van der Waals surface area contributed by atoms with Crippen LogP contribution in [-0.4, -0.2) is 45.6 Å². The van der Waals surface area contributed by atoms with Gasteiger partial charge in [-0.25, -0.2) is 4.39 Å². The predicted molar refractivity (Wildman–Crippen MR) is 107 cm³/mol. The summed E-state index contributed by atoms with van der Waals surface area (Å²) in [6.45, 7) is 3.50. The first-order valence-corrected chi connectivity index (χ1v) is 10.0. The van der Waals surface area contributed by atoms with Crippen LogP contribution in [0, 0.1) is 12.7 Å². The van der Waals surface area contributed by atoms with Gasteiger partial charge in [0.1, 0.15) is 11.6 Å². The first kappa shape index (κ1) is 20.0. The fraction of sp³-hybridized carbons (Fsp3) is 0.364. The molecule has 4 rings (SSSR count). The third-order valence-corrected chi connectivity index (χ3v) is 5.11. The highest BCUT2D eigenvalue weighted by molar-refractivity contribution is 5.94. The van der Waals surface area contributed by atoms with Crippen molar-refractivity contribution in [3.05, 3.63) is 71.4 Å². The number of aryl methyl sites for hydroxylation is 1. The Bertz CT molecular complexity index is 988. The minimum absolute atomic E-state index is 0.0142. The molecule has 0 bridgehead atoms. The van der Waals surface area contributed by atoms with Gasteiger partial charge in [0.15, 0.2) is 5.82 Å². The van der Waals surface area contributed by atoms with E-state index in [2.05, 4.69) is 15.1 Å². The molecule has 3 aromatic rings. The summed E-state index contributed by atoms with van der Waals surface area (Å²) < 4.78 is 24.0. The third kappa shape index (κ3) is 4.82. The number of hydrogen-bond acceptors (Lipinski definition) is 6. The van der Waals surface area contributed by atoms with Crippen molar-refractivity contribution in [1.82, 2.24) is 20.0 Å². The Morgan fingerprint density at radius 3 is 2.87 bits per heavy atom. The molecule has 0 radical (unpaired) electrons. The van der Waals surface area contributed by atoms with Gasteiger partial charge in [0.2, 0.25) is 5.89 Å². The minimum Gasteiger partial charge on any atom is -0.493 e. The highest BCUT2D eigenvalue weighted by atomic mass is 19.1. The molecule has 0 aliphatic carbocycles. The van der Waals surface area contributed by atoms with E-state index in [0.717, 1.165) is 18.5 Å². The Balaban J connectivity index is 1.32. The molecule has 3 heterocycles. The van der Waals surface area contributed by atoms with Gasteiger partial charge in [-0.15, -0.1) is 0 Å². The molecule has 1 aliphatic heterocycles. The molecule has 1 aliphatic rings. The maximum atomic E-state index is 12.9. The van der Waals surface area contributed by atoms with Gasteiger partial charge in [-0.05, 0) is 56.2 Å². The summed E-state index contributed by atoms with van der Waals surface area (Å²) in [6, 6.07) is 9.50. The molecule has 7 nitrogen and oxygen atoms in total. The third-order valence-electron chi connectivity index (χ3n) is 5.11. The van der Waals surface area contributed by atoms with E-state index in [4.69, 9.17) is 9.26 Å². The molecule has 30 heavy (non-hydrogen) atoms. The number of amides is 1. The molecule has 2 aromatic heterocycles. The smallest absolute Gasteiger partial charge is 0.255 e. The van der Waals surface area contributed by atoms with Crippen molar-refractivity contribution >= 4 is 5.91 Å². The number of hydrogen-bond donors (Lipinski definition) is 0. The number of benzene rings is 1. The van der Waals surface area contributed by atoms with Crippen LogP contribution in [0.1, 0.15) is 46.5 Å². The lowest BCUT2D eigenvalue weighted by molar-refractivity contribution is 0.0695. The average molecular weight is 410 g/mol. The molecule has 0 N–H and O–H groups in total. The molecular formula is C22H23FN4O3. The molecule has 1 saturated heterocycles. The van der Waals surface area contributed by atoms with Crippen molar-refractivity contribution in [2.45, 2.75) is 32.1 Å². The van der Waals surface area contributed by atoms with Gasteiger partial charge in [-0.2, -0.15) is 4.98 Å². The molecule has 1 unspecified atom stereocenters. The second-order valence-corrected chi connectivity index (χ2v) is 7.38. The van der Waals surface area contributed by atoms with Crippen LogP contribution in [0.25, 0.3) is 0 Å². The van der Waals surface area contributed by atoms with Crippen molar-refractivity contribution in [2.75, 3.05) is 19.7 Å². The Morgan fingerprint density at radius 1 is 1.27 bits per heavy atom. The number of piperidine rings is 1. The molecule has 156 valence electrons. The van der Waals surface area contributed by atoms with Gasteiger partial charge in [0, 0.05) is 31.4 Å². The number of pyridine rings is 1. The van der Waals surface area contributed by atoms with Crippen LogP contribution < -0.4 is 4.74 Å². The van der Waals surface area contributed by atoms with Crippen LogP contribution in [0.3, 0.4) is 0 Å². The number of halogens is 1. The van der Waals surface area contributed by atoms with Crippen LogP contribution >= 0.6 is 0 Å². The number of carbonyl (C=O) groups excluding carboxylic acids is 1. The molecular weight excluding hydrogens is 387 g/mol. The molecule has 0 spiro atoms. The summed E-state index contributed by atoms with van der Waals surface area (Å²) >= 11 is 0. The van der Waals surface area contributed by atoms with Crippen molar-refractivity contribution in [2.24, 2.45) is 0 Å². The lowest BCUT2D eigenvalue weighted by atomic mass is 9.97. The minimum atomic E-state index is -0.302. The molecule has 8 heteroatoms. The van der Waals surface area contributed by atoms with Gasteiger partial charge in [-0.3, -0.25) is 9.78 Å². The standard InChI is InChI=1S/C22H23FN4O3/c1-15-4-5-16(13-24-15)22(28)27-11-2-3-17(14-27)21-25-20(26-30-21)10-12-29-19-8-6-18(23)7-9-19/h4-9,13,17H,2-3,10-12,14H2,1H3. The van der Waals surface area contributed by atoms with Gasteiger partial charge in [-0.1, -0.05) is 5.16 Å². The topological polar surface area (TPSA) is 81.4 Å². The Hall–Kier alpha value is -3.29. The largest absolute Gasteiger partial charge is 0.493 e. The summed E-state index contributed by atoms with van der Waals surface area (Å²) in [5.41, 5.74) is 1.47. The summed E-state index contributed by atoms with van der Waals surface area (Å²) in [5, 5.41) is 4.03. The number of likely N-dealkylation sites (tertiary alicyclic amines) is 1. The van der Waals surface area contributed by atoms with E-state index in [1.807, 2.05) is 17.9 Å². The van der Waals surface area contributed by atoms with Gasteiger partial charge in [0.25, 0.3) is 5.91 Å². The summed E-state index contributed by atoms with van der Waals surface area (Å²) in [7, 11) is 0. The second-order valence-electron chi connectivity index (χ2n) is 7.38. The van der Waals surface area contributed by atoms with Crippen molar-refractivity contribution in [3.63, 3.8) is 0 Å². The highest BCUT2D eigenvalue weighted by Crippen LogP contribution is 2.26. The van der Waals surface area contributed by atoms with E-state index in [9.17, 15) is 9.18 Å². The fourth-order valence-electron chi connectivity index (χ4n) is 3.47. The van der Waals surface area contributed by atoms with Gasteiger partial charge >= 0.3 is 0 Å². The Labute approximate surface area is 173 Å². The lowest BCUT2D eigenvalue weighted by Crippen LogP contribution is -2.39. The number of ether oxygens (including phenoxy) is 1. The van der Waals surface area contributed by atoms with E-state index >= 15 is 0 Å². The zero-order chi connectivity index (χ0) is 20.9. The Kier molecular flexibility index (Phi) is 6.02. The van der Waals surface area contributed by atoms with Crippen LogP contribution in [0.2, 0.25) is 0 Å². The number of rotatable bonds is 6. The van der Waals surface area contributed by atoms with Crippen molar-refractivity contribution in [3.8, 4) is 5.75 Å². The monoisotopic (exact) mass is 410 g/mol. The number of carbonyl (C=O) groups is 1. The van der Waals surface area contributed by atoms with E-state index in [-0.39, 0.29) is 17.6 Å². The molecule has 1 fully saturated rings. The number of nitrogens with zero attached hydrogens (tertiary/aromatic N) is 4. The zero-order valence-electron chi connectivity index (χ0n) is 16.8. The van der Waals surface area contributed by atoms with E-state index in [0.29, 0.717) is 49.1 Å².